The normalized spacial score (nSPS) is 30.1. The van der Waals surface area contributed by atoms with Crippen LogP contribution in [0, 0.1) is 28.9 Å². The van der Waals surface area contributed by atoms with E-state index in [0.29, 0.717) is 18.7 Å². The molecule has 4 heterocycles. The zero-order chi connectivity index (χ0) is 23.2. The molecule has 4 aliphatic rings. The van der Waals surface area contributed by atoms with Gasteiger partial charge in [-0.2, -0.15) is 0 Å². The van der Waals surface area contributed by atoms with Crippen LogP contribution in [0.1, 0.15) is 24.0 Å². The Bertz CT molecular complexity index is 1300. The molecule has 10 heteroatoms. The van der Waals surface area contributed by atoms with Crippen LogP contribution < -0.4 is 10.2 Å². The minimum absolute atomic E-state index is 0.0824. The van der Waals surface area contributed by atoms with Crippen molar-refractivity contribution in [3.8, 4) is 0 Å². The van der Waals surface area contributed by atoms with E-state index in [1.54, 1.807) is 0 Å². The molecule has 0 radical (unpaired) electrons. The molecule has 168 valence electrons. The summed E-state index contributed by atoms with van der Waals surface area (Å²) in [4.78, 5) is 55.0. The quantitative estimate of drug-likeness (QED) is 0.413. The van der Waals surface area contributed by atoms with Crippen LogP contribution in [-0.4, -0.2) is 40.1 Å². The van der Waals surface area contributed by atoms with Crippen LogP contribution in [0.2, 0.25) is 5.02 Å². The highest BCUT2D eigenvalue weighted by atomic mass is 35.5. The number of nitrogens with one attached hydrogen (secondary N) is 1. The molecule has 3 amide bonds. The van der Waals surface area contributed by atoms with E-state index < -0.39 is 34.1 Å². The Kier molecular flexibility index (Phi) is 4.07. The zero-order valence-corrected chi connectivity index (χ0v) is 18.3. The molecule has 4 aliphatic heterocycles. The fraction of sp³-hybridized carbons (Fsp3) is 0.348. The molecular formula is C23H19ClN4O5. The average Bonchev–Trinajstić information content (AvgIpc) is 3.47. The molecule has 6 rings (SSSR count). The third kappa shape index (κ3) is 2.38. The number of imide groups is 1. The van der Waals surface area contributed by atoms with E-state index in [1.807, 2.05) is 30.0 Å². The number of anilines is 2. The summed E-state index contributed by atoms with van der Waals surface area (Å²) < 4.78 is 0. The molecule has 2 aromatic rings. The van der Waals surface area contributed by atoms with Crippen LogP contribution in [0.25, 0.3) is 0 Å². The lowest BCUT2D eigenvalue weighted by Gasteiger charge is -2.36. The summed E-state index contributed by atoms with van der Waals surface area (Å²) in [6.45, 7) is 2.54. The van der Waals surface area contributed by atoms with E-state index in [4.69, 9.17) is 11.6 Å². The second kappa shape index (κ2) is 6.61. The third-order valence-corrected chi connectivity index (χ3v) is 7.85. The van der Waals surface area contributed by atoms with Crippen LogP contribution in [-0.2, 0) is 19.9 Å². The first-order valence-electron chi connectivity index (χ1n) is 10.8. The Labute approximate surface area is 193 Å². The van der Waals surface area contributed by atoms with Gasteiger partial charge in [0.25, 0.3) is 5.69 Å². The van der Waals surface area contributed by atoms with Crippen molar-refractivity contribution in [2.24, 2.45) is 11.8 Å². The fourth-order valence-corrected chi connectivity index (χ4v) is 6.54. The Morgan fingerprint density at radius 1 is 1.15 bits per heavy atom. The number of rotatable bonds is 2. The van der Waals surface area contributed by atoms with Crippen LogP contribution >= 0.6 is 11.6 Å². The molecule has 1 N–H and O–H groups in total. The molecule has 4 atom stereocenters. The Hall–Kier alpha value is -3.30. The third-order valence-electron chi connectivity index (χ3n) is 7.53. The van der Waals surface area contributed by atoms with Crippen LogP contribution in [0.3, 0.4) is 0 Å². The largest absolute Gasteiger partial charge is 0.324 e. The lowest BCUT2D eigenvalue weighted by Crippen LogP contribution is -2.54. The fourth-order valence-electron chi connectivity index (χ4n) is 6.35. The summed E-state index contributed by atoms with van der Waals surface area (Å²) in [7, 11) is 0. The molecule has 9 nitrogen and oxygen atoms in total. The predicted molar refractivity (Wildman–Crippen MR) is 119 cm³/mol. The maximum atomic E-state index is 13.9. The zero-order valence-electron chi connectivity index (χ0n) is 17.6. The van der Waals surface area contributed by atoms with Gasteiger partial charge in [0.2, 0.25) is 17.7 Å². The van der Waals surface area contributed by atoms with Gasteiger partial charge in [0.15, 0.2) is 0 Å². The summed E-state index contributed by atoms with van der Waals surface area (Å²) in [6, 6.07) is 9.27. The van der Waals surface area contributed by atoms with Gasteiger partial charge < -0.3 is 5.32 Å². The molecule has 3 saturated heterocycles. The summed E-state index contributed by atoms with van der Waals surface area (Å²) in [5.74, 6) is -2.85. The van der Waals surface area contributed by atoms with Gasteiger partial charge in [0.1, 0.15) is 10.6 Å². The Morgan fingerprint density at radius 2 is 1.94 bits per heavy atom. The van der Waals surface area contributed by atoms with Crippen LogP contribution in [0.5, 0.6) is 0 Å². The number of amides is 3. The van der Waals surface area contributed by atoms with Gasteiger partial charge in [-0.3, -0.25) is 29.4 Å². The van der Waals surface area contributed by atoms with E-state index in [9.17, 15) is 24.5 Å². The number of fused-ring (bicyclic) bond motifs is 7. The lowest BCUT2D eigenvalue weighted by atomic mass is 9.75. The van der Waals surface area contributed by atoms with Crippen molar-refractivity contribution >= 4 is 46.4 Å². The highest BCUT2D eigenvalue weighted by molar-refractivity contribution is 6.33. The molecule has 3 fully saturated rings. The molecule has 0 bridgehead atoms. The highest BCUT2D eigenvalue weighted by Crippen LogP contribution is 2.60. The second-order valence-corrected chi connectivity index (χ2v) is 9.49. The summed E-state index contributed by atoms with van der Waals surface area (Å²) in [6.07, 6.45) is 1.52. The topological polar surface area (TPSA) is 113 Å². The average molecular weight is 467 g/mol. The summed E-state index contributed by atoms with van der Waals surface area (Å²) in [5.41, 5.74) is 0.759. The second-order valence-electron chi connectivity index (χ2n) is 9.08. The molecular weight excluding hydrogens is 448 g/mol. The molecule has 1 spiro atoms. The van der Waals surface area contributed by atoms with Gasteiger partial charge in [-0.1, -0.05) is 29.3 Å². The van der Waals surface area contributed by atoms with Crippen LogP contribution in [0.4, 0.5) is 17.1 Å². The standard InChI is InChI=1S/C23H19ClN4O5/c1-11-4-7-15-13(9-11)23(22(31)25-15)19-18(16-3-2-8-26(16)23)20(29)27(21(19)30)12-5-6-14(24)17(10-12)28(32)33/h4-7,9-10,16,18-19H,2-3,8H2,1H3,(H,25,31)/t16-,18+,19-,23+/m0/s1. The van der Waals surface area contributed by atoms with E-state index in [2.05, 4.69) is 5.32 Å². The van der Waals surface area contributed by atoms with Gasteiger partial charge in [-0.15, -0.1) is 0 Å². The van der Waals surface area contributed by atoms with Crippen molar-refractivity contribution in [3.63, 3.8) is 0 Å². The number of nitro groups is 1. The van der Waals surface area contributed by atoms with Crippen molar-refractivity contribution < 1.29 is 19.3 Å². The number of nitrogens with zero attached hydrogens (tertiary/aromatic N) is 3. The number of nitro benzene ring substituents is 1. The van der Waals surface area contributed by atoms with Crippen molar-refractivity contribution in [1.29, 1.82) is 0 Å². The number of hydrogen-bond donors (Lipinski definition) is 1. The lowest BCUT2D eigenvalue weighted by molar-refractivity contribution is -0.384. The van der Waals surface area contributed by atoms with E-state index in [-0.39, 0.29) is 28.3 Å². The van der Waals surface area contributed by atoms with Crippen molar-refractivity contribution in [3.05, 3.63) is 62.7 Å². The van der Waals surface area contributed by atoms with E-state index in [0.717, 1.165) is 28.5 Å². The van der Waals surface area contributed by atoms with Crippen molar-refractivity contribution in [2.75, 3.05) is 16.8 Å². The minimum atomic E-state index is -1.27. The molecule has 0 aromatic heterocycles. The maximum Gasteiger partial charge on any atom is 0.289 e. The van der Waals surface area contributed by atoms with Crippen molar-refractivity contribution in [1.82, 2.24) is 4.90 Å². The first-order valence-corrected chi connectivity index (χ1v) is 11.2. The smallest absolute Gasteiger partial charge is 0.289 e. The Morgan fingerprint density at radius 3 is 2.70 bits per heavy atom. The van der Waals surface area contributed by atoms with Gasteiger partial charge in [-0.25, -0.2) is 4.90 Å². The number of aryl methyl sites for hydroxylation is 1. The highest BCUT2D eigenvalue weighted by Gasteiger charge is 2.74. The van der Waals surface area contributed by atoms with Crippen LogP contribution in [0.15, 0.2) is 36.4 Å². The minimum Gasteiger partial charge on any atom is -0.324 e. The summed E-state index contributed by atoms with van der Waals surface area (Å²) >= 11 is 5.94. The van der Waals surface area contributed by atoms with E-state index >= 15 is 0 Å². The van der Waals surface area contributed by atoms with Gasteiger partial charge in [0, 0.05) is 23.4 Å². The molecule has 33 heavy (non-hydrogen) atoms. The first kappa shape index (κ1) is 20.3. The van der Waals surface area contributed by atoms with Gasteiger partial charge >= 0.3 is 0 Å². The molecule has 0 aliphatic carbocycles. The van der Waals surface area contributed by atoms with Gasteiger partial charge in [0.05, 0.1) is 22.4 Å². The number of benzene rings is 2. The first-order chi connectivity index (χ1) is 15.8. The molecule has 2 aromatic carbocycles. The van der Waals surface area contributed by atoms with E-state index in [1.165, 1.54) is 12.1 Å². The molecule has 0 unspecified atom stereocenters. The number of hydrogen-bond acceptors (Lipinski definition) is 6. The predicted octanol–water partition coefficient (Wildman–Crippen LogP) is 2.99. The summed E-state index contributed by atoms with van der Waals surface area (Å²) in [5, 5.41) is 14.2. The number of carbonyl (C=O) groups excluding carboxylic acids is 3. The SMILES string of the molecule is Cc1ccc2c(c1)[C@]1(C(=O)N2)[C@@H]2C(=O)N(c3ccc(Cl)c([N+](=O)[O-])c3)C(=O)[C@@H]2[C@@H]2CCCN21. The van der Waals surface area contributed by atoms with Crippen molar-refractivity contribution in [2.45, 2.75) is 31.3 Å². The van der Waals surface area contributed by atoms with Gasteiger partial charge in [-0.05, 0) is 44.5 Å². The number of halogens is 1. The monoisotopic (exact) mass is 466 g/mol. The molecule has 0 saturated carbocycles. The maximum absolute atomic E-state index is 13.9. The Balaban J connectivity index is 1.54. The number of carbonyl (C=O) groups is 3.